The number of hydrogen-bond donors (Lipinski definition) is 0. The number of tetrazole rings is 1. The molecular weight excluding hydrogens is 316 g/mol. The quantitative estimate of drug-likeness (QED) is 0.525. The first-order valence-corrected chi connectivity index (χ1v) is 7.80. The van der Waals surface area contributed by atoms with Crippen molar-refractivity contribution in [2.75, 3.05) is 7.11 Å². The van der Waals surface area contributed by atoms with Gasteiger partial charge in [0.2, 0.25) is 5.16 Å². The zero-order chi connectivity index (χ0) is 16.2. The predicted molar refractivity (Wildman–Crippen MR) is 83.5 cm³/mol. The maximum atomic E-state index is 11.6. The number of thioether (sulfide) groups is 1. The number of carbonyl (C=O) groups excluding carboxylic acids is 1. The number of nitrogens with zero attached hydrogens (tertiary/aromatic N) is 4. The van der Waals surface area contributed by atoms with Crippen molar-refractivity contribution in [3.63, 3.8) is 0 Å². The third kappa shape index (κ3) is 3.26. The summed E-state index contributed by atoms with van der Waals surface area (Å²) in [6, 6.07) is 9.47. The Hall–Kier alpha value is -2.61. The second-order valence-corrected chi connectivity index (χ2v) is 5.69. The van der Waals surface area contributed by atoms with Crippen molar-refractivity contribution in [1.29, 1.82) is 0 Å². The molecule has 0 N–H and O–H groups in total. The van der Waals surface area contributed by atoms with Gasteiger partial charge in [0.15, 0.2) is 0 Å². The van der Waals surface area contributed by atoms with Crippen LogP contribution in [0.2, 0.25) is 0 Å². The Morgan fingerprint density at radius 1 is 1.39 bits per heavy atom. The minimum Gasteiger partial charge on any atom is -0.468 e. The first-order chi connectivity index (χ1) is 11.2. The van der Waals surface area contributed by atoms with Gasteiger partial charge < -0.3 is 9.15 Å². The average Bonchev–Trinajstić information content (AvgIpc) is 3.21. The normalized spacial score (nSPS) is 10.7. The predicted octanol–water partition coefficient (Wildman–Crippen LogP) is 2.64. The third-order valence-electron chi connectivity index (χ3n) is 3.17. The fraction of sp³-hybridized carbons (Fsp3) is 0.200. The summed E-state index contributed by atoms with van der Waals surface area (Å²) in [4.78, 5) is 11.6. The van der Waals surface area contributed by atoms with Crippen molar-refractivity contribution in [3.05, 3.63) is 53.5 Å². The molecule has 23 heavy (non-hydrogen) atoms. The smallest absolute Gasteiger partial charge is 0.341 e. The molecule has 0 bridgehead atoms. The Morgan fingerprint density at radius 2 is 2.26 bits per heavy atom. The molecular formula is C15H14N4O3S. The van der Waals surface area contributed by atoms with E-state index in [0.29, 0.717) is 22.2 Å². The Balaban J connectivity index is 1.79. The van der Waals surface area contributed by atoms with E-state index in [9.17, 15) is 4.79 Å². The maximum Gasteiger partial charge on any atom is 0.341 e. The monoisotopic (exact) mass is 330 g/mol. The fourth-order valence-corrected chi connectivity index (χ4v) is 2.91. The van der Waals surface area contributed by atoms with E-state index in [1.165, 1.54) is 25.1 Å². The van der Waals surface area contributed by atoms with Gasteiger partial charge in [-0.3, -0.25) is 0 Å². The number of benzene rings is 1. The van der Waals surface area contributed by atoms with Gasteiger partial charge in [0.05, 0.1) is 24.8 Å². The van der Waals surface area contributed by atoms with Crippen LogP contribution in [0, 0.1) is 6.92 Å². The van der Waals surface area contributed by atoms with E-state index in [1.54, 1.807) is 10.7 Å². The minimum absolute atomic E-state index is 0.412. The molecule has 3 aromatic rings. The zero-order valence-electron chi connectivity index (χ0n) is 12.6. The van der Waals surface area contributed by atoms with E-state index in [4.69, 9.17) is 9.15 Å². The van der Waals surface area contributed by atoms with Crippen molar-refractivity contribution < 1.29 is 13.9 Å². The van der Waals surface area contributed by atoms with Gasteiger partial charge in [0, 0.05) is 0 Å². The highest BCUT2D eigenvalue weighted by Gasteiger charge is 2.17. The van der Waals surface area contributed by atoms with E-state index < -0.39 is 5.97 Å². The van der Waals surface area contributed by atoms with E-state index in [-0.39, 0.29) is 0 Å². The van der Waals surface area contributed by atoms with Crippen LogP contribution >= 0.6 is 11.8 Å². The van der Waals surface area contributed by atoms with Crippen LogP contribution in [0.15, 0.2) is 46.2 Å². The lowest BCUT2D eigenvalue weighted by atomic mass is 10.2. The fourth-order valence-electron chi connectivity index (χ4n) is 2.07. The number of furan rings is 1. The van der Waals surface area contributed by atoms with E-state index in [2.05, 4.69) is 15.5 Å². The highest BCUT2D eigenvalue weighted by Crippen LogP contribution is 2.25. The largest absolute Gasteiger partial charge is 0.468 e. The van der Waals surface area contributed by atoms with Crippen molar-refractivity contribution in [1.82, 2.24) is 20.2 Å². The standard InChI is InChI=1S/C15H14N4O3S/c1-10-4-3-5-11(8-10)19-15(16-17-18-19)23-9-13-12(6-7-22-13)14(20)21-2/h3-8H,9H2,1-2H3. The van der Waals surface area contributed by atoms with E-state index in [0.717, 1.165) is 11.3 Å². The van der Waals surface area contributed by atoms with Crippen molar-refractivity contribution in [3.8, 4) is 5.69 Å². The highest BCUT2D eigenvalue weighted by atomic mass is 32.2. The summed E-state index contributed by atoms with van der Waals surface area (Å²) >= 11 is 1.38. The van der Waals surface area contributed by atoms with Crippen LogP contribution in [0.1, 0.15) is 21.7 Å². The second-order valence-electron chi connectivity index (χ2n) is 4.75. The van der Waals surface area contributed by atoms with Crippen LogP contribution in [0.3, 0.4) is 0 Å². The molecule has 7 nitrogen and oxygen atoms in total. The second kappa shape index (κ2) is 6.66. The van der Waals surface area contributed by atoms with Gasteiger partial charge in [-0.25, -0.2) is 4.79 Å². The summed E-state index contributed by atoms with van der Waals surface area (Å²) in [6.45, 7) is 2.01. The van der Waals surface area contributed by atoms with E-state index in [1.807, 2.05) is 31.2 Å². The molecule has 0 aliphatic carbocycles. The minimum atomic E-state index is -0.423. The Bertz CT molecular complexity index is 828. The number of aromatic nitrogens is 4. The number of aryl methyl sites for hydroxylation is 1. The molecule has 0 atom stereocenters. The van der Waals surface area contributed by atoms with Gasteiger partial charge in [-0.1, -0.05) is 23.9 Å². The van der Waals surface area contributed by atoms with Crippen molar-refractivity contribution in [2.24, 2.45) is 0 Å². The van der Waals surface area contributed by atoms with Crippen LogP contribution in [0.4, 0.5) is 0 Å². The molecule has 0 aliphatic heterocycles. The summed E-state index contributed by atoms with van der Waals surface area (Å²) in [5.41, 5.74) is 2.41. The summed E-state index contributed by atoms with van der Waals surface area (Å²) in [5.74, 6) is 0.525. The highest BCUT2D eigenvalue weighted by molar-refractivity contribution is 7.98. The number of ether oxygens (including phenoxy) is 1. The third-order valence-corrected chi connectivity index (χ3v) is 4.09. The number of carbonyl (C=O) groups is 1. The Morgan fingerprint density at radius 3 is 3.04 bits per heavy atom. The number of hydrogen-bond acceptors (Lipinski definition) is 7. The topological polar surface area (TPSA) is 83.0 Å². The lowest BCUT2D eigenvalue weighted by Crippen LogP contribution is -2.03. The van der Waals surface area contributed by atoms with Gasteiger partial charge in [0.25, 0.3) is 0 Å². The maximum absolute atomic E-state index is 11.6. The Kier molecular flexibility index (Phi) is 4.42. The molecule has 3 rings (SSSR count). The molecule has 0 saturated heterocycles. The molecule has 118 valence electrons. The van der Waals surface area contributed by atoms with Crippen LogP contribution in [-0.2, 0) is 10.5 Å². The van der Waals surface area contributed by atoms with Crippen LogP contribution in [0.5, 0.6) is 0 Å². The molecule has 0 amide bonds. The Labute approximate surface area is 136 Å². The number of rotatable bonds is 5. The molecule has 0 unspecified atom stereocenters. The molecule has 0 spiro atoms. The molecule has 1 aromatic carbocycles. The molecule has 0 fully saturated rings. The van der Waals surface area contributed by atoms with Crippen LogP contribution in [-0.4, -0.2) is 33.3 Å². The number of methoxy groups -OCH3 is 1. The van der Waals surface area contributed by atoms with Gasteiger partial charge in [0.1, 0.15) is 11.3 Å². The first kappa shape index (κ1) is 15.3. The molecule has 0 saturated carbocycles. The van der Waals surface area contributed by atoms with Gasteiger partial charge in [-0.05, 0) is 41.1 Å². The molecule has 8 heteroatoms. The summed E-state index contributed by atoms with van der Waals surface area (Å²) in [7, 11) is 1.34. The van der Waals surface area contributed by atoms with E-state index >= 15 is 0 Å². The van der Waals surface area contributed by atoms with Gasteiger partial charge >= 0.3 is 5.97 Å². The van der Waals surface area contributed by atoms with Crippen molar-refractivity contribution >= 4 is 17.7 Å². The van der Waals surface area contributed by atoms with Gasteiger partial charge in [-0.2, -0.15) is 4.68 Å². The first-order valence-electron chi connectivity index (χ1n) is 6.82. The van der Waals surface area contributed by atoms with Crippen LogP contribution in [0.25, 0.3) is 5.69 Å². The molecule has 2 aromatic heterocycles. The van der Waals surface area contributed by atoms with Crippen molar-refractivity contribution in [2.45, 2.75) is 17.8 Å². The summed E-state index contributed by atoms with van der Waals surface area (Å²) < 4.78 is 11.7. The summed E-state index contributed by atoms with van der Waals surface area (Å²) in [6.07, 6.45) is 1.46. The van der Waals surface area contributed by atoms with Gasteiger partial charge in [-0.15, -0.1) is 5.10 Å². The summed E-state index contributed by atoms with van der Waals surface area (Å²) in [5, 5.41) is 12.4. The van der Waals surface area contributed by atoms with Crippen LogP contribution < -0.4 is 0 Å². The average molecular weight is 330 g/mol. The molecule has 2 heterocycles. The SMILES string of the molecule is COC(=O)c1ccoc1CSc1nnnn1-c1cccc(C)c1. The lowest BCUT2D eigenvalue weighted by molar-refractivity contribution is 0.0598. The molecule has 0 aliphatic rings. The molecule has 0 radical (unpaired) electrons. The zero-order valence-corrected chi connectivity index (χ0v) is 13.4. The number of esters is 1. The lowest BCUT2D eigenvalue weighted by Gasteiger charge is -2.05.